The predicted octanol–water partition coefficient (Wildman–Crippen LogP) is 6.30. The molecule has 1 aromatic heterocycles. The molecule has 3 aromatic carbocycles. The van der Waals surface area contributed by atoms with Crippen LogP contribution in [0.1, 0.15) is 12.5 Å². The van der Waals surface area contributed by atoms with E-state index in [1.807, 2.05) is 37.3 Å². The molecule has 0 radical (unpaired) electrons. The van der Waals surface area contributed by atoms with Crippen LogP contribution in [0.25, 0.3) is 32.9 Å². The van der Waals surface area contributed by atoms with Crippen molar-refractivity contribution in [1.82, 2.24) is 4.57 Å². The Hall–Kier alpha value is -3.28. The summed E-state index contributed by atoms with van der Waals surface area (Å²) in [6, 6.07) is 19.6. The molecule has 30 heavy (non-hydrogen) atoms. The van der Waals surface area contributed by atoms with E-state index in [0.717, 1.165) is 45.1 Å². The maximum Gasteiger partial charge on any atom is 0.416 e. The lowest BCUT2D eigenvalue weighted by molar-refractivity contribution is -0.137. The van der Waals surface area contributed by atoms with E-state index in [-0.39, 0.29) is 6.04 Å². The van der Waals surface area contributed by atoms with E-state index < -0.39 is 11.7 Å². The minimum Gasteiger partial charge on any atom is -0.479 e. The molecule has 1 unspecified atom stereocenters. The van der Waals surface area contributed by atoms with Crippen molar-refractivity contribution in [2.45, 2.75) is 25.7 Å². The highest BCUT2D eigenvalue weighted by atomic mass is 19.4. The summed E-state index contributed by atoms with van der Waals surface area (Å²) in [6.45, 7) is 3.09. The zero-order chi connectivity index (χ0) is 20.9. The first-order valence-electron chi connectivity index (χ1n) is 9.76. The fourth-order valence-corrected chi connectivity index (χ4v) is 4.13. The Labute approximate surface area is 171 Å². The first kappa shape index (κ1) is 18.7. The summed E-state index contributed by atoms with van der Waals surface area (Å²) in [5, 5.41) is 2.26. The Balaban J connectivity index is 1.62. The zero-order valence-corrected chi connectivity index (χ0v) is 16.3. The van der Waals surface area contributed by atoms with Crippen LogP contribution >= 0.6 is 0 Å². The van der Waals surface area contributed by atoms with Gasteiger partial charge in [-0.2, -0.15) is 13.2 Å². The van der Waals surface area contributed by atoms with Crippen molar-refractivity contribution >= 4 is 27.7 Å². The Morgan fingerprint density at radius 3 is 2.33 bits per heavy atom. The number of hydrogen-bond donors (Lipinski definition) is 0. The van der Waals surface area contributed by atoms with Gasteiger partial charge < -0.3 is 9.30 Å². The number of fused-ring (bicyclic) bond motifs is 3. The van der Waals surface area contributed by atoms with Crippen LogP contribution in [0.15, 0.2) is 71.7 Å². The van der Waals surface area contributed by atoms with Gasteiger partial charge in [-0.3, -0.25) is 0 Å². The molecule has 0 saturated heterocycles. The molecule has 1 aliphatic rings. The van der Waals surface area contributed by atoms with Gasteiger partial charge in [-0.15, -0.1) is 0 Å². The highest BCUT2D eigenvalue weighted by molar-refractivity contribution is 6.09. The molecule has 0 aliphatic carbocycles. The van der Waals surface area contributed by atoms with Gasteiger partial charge in [-0.05, 0) is 35.4 Å². The van der Waals surface area contributed by atoms with Crippen molar-refractivity contribution in [1.29, 1.82) is 0 Å². The summed E-state index contributed by atoms with van der Waals surface area (Å²) in [5.74, 6) is 0.700. The molecule has 6 heteroatoms. The van der Waals surface area contributed by atoms with Gasteiger partial charge in [0.1, 0.15) is 12.6 Å². The molecule has 0 amide bonds. The van der Waals surface area contributed by atoms with Gasteiger partial charge in [0.15, 0.2) is 5.90 Å². The SMILES string of the molecule is CC1=NC(Cn2c3ccccc3c3ccc(-c4ccc(C(F)(F)F)cc4)cc32)CO1. The fraction of sp³-hybridized carbons (Fsp3) is 0.208. The average molecular weight is 408 g/mol. The third-order valence-electron chi connectivity index (χ3n) is 5.56. The van der Waals surface area contributed by atoms with E-state index in [2.05, 4.69) is 21.7 Å². The molecule has 0 bridgehead atoms. The molecule has 0 spiro atoms. The molecule has 5 rings (SSSR count). The highest BCUT2D eigenvalue weighted by Crippen LogP contribution is 2.35. The number of aromatic nitrogens is 1. The van der Waals surface area contributed by atoms with Crippen LogP contribution in [0.3, 0.4) is 0 Å². The third-order valence-corrected chi connectivity index (χ3v) is 5.56. The number of aliphatic imine (C=N–C) groups is 1. The van der Waals surface area contributed by atoms with E-state index >= 15 is 0 Å². The number of ether oxygens (including phenoxy) is 1. The van der Waals surface area contributed by atoms with E-state index in [4.69, 9.17) is 4.74 Å². The molecule has 0 saturated carbocycles. The van der Waals surface area contributed by atoms with Gasteiger partial charge in [0.05, 0.1) is 5.56 Å². The van der Waals surface area contributed by atoms with Crippen molar-refractivity contribution in [2.75, 3.05) is 6.61 Å². The molecule has 0 fully saturated rings. The number of alkyl halides is 3. The lowest BCUT2D eigenvalue weighted by Crippen LogP contribution is -2.15. The van der Waals surface area contributed by atoms with Crippen LogP contribution in [-0.2, 0) is 17.5 Å². The number of benzene rings is 3. The quantitative estimate of drug-likeness (QED) is 0.391. The fourth-order valence-electron chi connectivity index (χ4n) is 4.13. The van der Waals surface area contributed by atoms with Crippen molar-refractivity contribution in [2.24, 2.45) is 4.99 Å². The van der Waals surface area contributed by atoms with Crippen LogP contribution in [0.4, 0.5) is 13.2 Å². The van der Waals surface area contributed by atoms with Crippen molar-refractivity contribution in [3.63, 3.8) is 0 Å². The summed E-state index contributed by atoms with van der Waals surface area (Å²) < 4.78 is 46.4. The lowest BCUT2D eigenvalue weighted by atomic mass is 10.0. The minimum atomic E-state index is -4.34. The Morgan fingerprint density at radius 2 is 1.63 bits per heavy atom. The van der Waals surface area contributed by atoms with Gasteiger partial charge in [-0.25, -0.2) is 4.99 Å². The van der Waals surface area contributed by atoms with E-state index in [9.17, 15) is 13.2 Å². The molecule has 152 valence electrons. The molecule has 1 atom stereocenters. The summed E-state index contributed by atoms with van der Waals surface area (Å²) in [5.41, 5.74) is 3.13. The summed E-state index contributed by atoms with van der Waals surface area (Å²) >= 11 is 0. The number of halogens is 3. The van der Waals surface area contributed by atoms with Crippen LogP contribution in [0, 0.1) is 0 Å². The highest BCUT2D eigenvalue weighted by Gasteiger charge is 2.30. The second kappa shape index (κ2) is 6.90. The molecule has 1 aliphatic heterocycles. The summed E-state index contributed by atoms with van der Waals surface area (Å²) in [6.07, 6.45) is -4.34. The van der Waals surface area contributed by atoms with Crippen molar-refractivity contribution in [3.8, 4) is 11.1 Å². The van der Waals surface area contributed by atoms with E-state index in [1.165, 1.54) is 12.1 Å². The lowest BCUT2D eigenvalue weighted by Gasteiger charge is -2.12. The van der Waals surface area contributed by atoms with E-state index in [1.54, 1.807) is 0 Å². The summed E-state index contributed by atoms with van der Waals surface area (Å²) in [4.78, 5) is 4.56. The molecule has 4 aromatic rings. The van der Waals surface area contributed by atoms with Crippen LogP contribution in [0.2, 0.25) is 0 Å². The van der Waals surface area contributed by atoms with Crippen LogP contribution in [0.5, 0.6) is 0 Å². The third kappa shape index (κ3) is 3.22. The number of rotatable bonds is 3. The topological polar surface area (TPSA) is 26.5 Å². The number of hydrogen-bond acceptors (Lipinski definition) is 2. The molecule has 2 heterocycles. The maximum absolute atomic E-state index is 12.9. The molecular formula is C24H19F3N2O. The minimum absolute atomic E-state index is 0.0405. The molecule has 3 nitrogen and oxygen atoms in total. The Kier molecular flexibility index (Phi) is 4.31. The van der Waals surface area contributed by atoms with Crippen LogP contribution < -0.4 is 0 Å². The number of nitrogens with zero attached hydrogens (tertiary/aromatic N) is 2. The maximum atomic E-state index is 12.9. The van der Waals surface area contributed by atoms with Gasteiger partial charge in [-0.1, -0.05) is 42.5 Å². The first-order chi connectivity index (χ1) is 14.4. The average Bonchev–Trinajstić information content (AvgIpc) is 3.29. The zero-order valence-electron chi connectivity index (χ0n) is 16.3. The first-order valence-corrected chi connectivity index (χ1v) is 9.76. The van der Waals surface area contributed by atoms with Crippen molar-refractivity contribution in [3.05, 3.63) is 72.3 Å². The van der Waals surface area contributed by atoms with Gasteiger partial charge in [0.25, 0.3) is 0 Å². The Morgan fingerprint density at radius 1 is 0.933 bits per heavy atom. The number of para-hydroxylation sites is 1. The second-order valence-corrected chi connectivity index (χ2v) is 7.55. The molecule has 0 N–H and O–H groups in total. The summed E-state index contributed by atoms with van der Waals surface area (Å²) in [7, 11) is 0. The second-order valence-electron chi connectivity index (χ2n) is 7.55. The molecular weight excluding hydrogens is 389 g/mol. The van der Waals surface area contributed by atoms with Gasteiger partial charge in [0.2, 0.25) is 0 Å². The van der Waals surface area contributed by atoms with Gasteiger partial charge >= 0.3 is 6.18 Å². The predicted molar refractivity (Wildman–Crippen MR) is 113 cm³/mol. The van der Waals surface area contributed by atoms with Crippen molar-refractivity contribution < 1.29 is 17.9 Å². The normalized spacial score (nSPS) is 16.8. The monoisotopic (exact) mass is 408 g/mol. The largest absolute Gasteiger partial charge is 0.479 e. The van der Waals surface area contributed by atoms with Crippen LogP contribution in [-0.4, -0.2) is 23.1 Å². The Bertz CT molecular complexity index is 1270. The van der Waals surface area contributed by atoms with Gasteiger partial charge in [0, 0.05) is 35.3 Å². The smallest absolute Gasteiger partial charge is 0.416 e. The standard InChI is InChI=1S/C24H19F3N2O/c1-15-28-19(14-30-15)13-29-22-5-3-2-4-20(22)21-11-8-17(12-23(21)29)16-6-9-18(10-7-16)24(25,26)27/h2-12,19H,13-14H2,1H3. The van der Waals surface area contributed by atoms with E-state index in [0.29, 0.717) is 19.0 Å².